The number of ether oxygens (including phenoxy) is 1. The van der Waals surface area contributed by atoms with Gasteiger partial charge in [0.05, 0.1) is 0 Å². The molecule has 134 valence electrons. The number of anilines is 1. The molecule has 2 aromatic carbocycles. The number of halogens is 2. The first kappa shape index (κ1) is 19.7. The predicted molar refractivity (Wildman–Crippen MR) is 96.0 cm³/mol. The van der Waals surface area contributed by atoms with E-state index in [1.807, 2.05) is 0 Å². The van der Waals surface area contributed by atoms with Gasteiger partial charge < -0.3 is 0 Å². The van der Waals surface area contributed by atoms with Gasteiger partial charge in [-0.05, 0) is 0 Å². The summed E-state index contributed by atoms with van der Waals surface area (Å²) in [5, 5.41) is 3.66. The molecule has 0 bridgehead atoms. The third-order valence-electron chi connectivity index (χ3n) is 4.09. The van der Waals surface area contributed by atoms with Crippen LogP contribution in [-0.2, 0) is 0 Å². The quantitative estimate of drug-likeness (QED) is 0.154. The number of alkyl halides is 1. The maximum absolute atomic E-state index is 6.28. The van der Waals surface area contributed by atoms with Crippen LogP contribution in [0.25, 0.3) is 0 Å². The average Bonchev–Trinajstić information content (AvgIpc) is 2.63. The molecule has 2 unspecified atom stereocenters. The molecule has 1 heterocycles. The number of nitrogens with zero attached hydrogens (tertiary/aromatic N) is 1. The first-order chi connectivity index (χ1) is 12.3. The normalized spacial score (nSPS) is 17.7. The molecule has 1 aliphatic rings. The van der Waals surface area contributed by atoms with Crippen molar-refractivity contribution in [3.63, 3.8) is 0 Å². The van der Waals surface area contributed by atoms with Crippen molar-refractivity contribution in [2.75, 3.05) is 19.5 Å². The minimum atomic E-state index is -0.209. The molecule has 0 aliphatic carbocycles. The third kappa shape index (κ3) is 6.00. The first-order valence-electron chi connectivity index (χ1n) is 8.62. The maximum atomic E-state index is 6.28. The van der Waals surface area contributed by atoms with Gasteiger partial charge in [0, 0.05) is 0 Å². The van der Waals surface area contributed by atoms with E-state index < -0.39 is 0 Å². The van der Waals surface area contributed by atoms with E-state index in [1.54, 1.807) is 0 Å². The van der Waals surface area contributed by atoms with E-state index in [1.165, 1.54) is 12.5 Å². The molecule has 2 radical (unpaired) electrons. The second-order valence-electron chi connectivity index (χ2n) is 6.05. The van der Waals surface area contributed by atoms with Crippen molar-refractivity contribution in [1.82, 2.24) is 5.32 Å². The van der Waals surface area contributed by atoms with Gasteiger partial charge in [0.1, 0.15) is 0 Å². The number of para-hydroxylation sites is 2. The zero-order chi connectivity index (χ0) is 17.5. The summed E-state index contributed by atoms with van der Waals surface area (Å²) in [5.74, 6) is 1.04. The van der Waals surface area contributed by atoms with E-state index in [2.05, 4.69) is 92.5 Å². The van der Waals surface area contributed by atoms with Crippen LogP contribution < -0.4 is 57.2 Å². The van der Waals surface area contributed by atoms with Gasteiger partial charge in [-0.1, -0.05) is 0 Å². The SMILES string of the molecule is C[CH](NCCC1CN([I-]c2ccccc2)c2ccccc2O1)[Al][CH2][I-]. The van der Waals surface area contributed by atoms with Crippen LogP contribution in [0.4, 0.5) is 5.69 Å². The van der Waals surface area contributed by atoms with Crippen LogP contribution in [0.1, 0.15) is 13.3 Å². The molecule has 2 atom stereocenters. The van der Waals surface area contributed by atoms with Crippen LogP contribution in [-0.4, -0.2) is 42.6 Å². The zero-order valence-corrected chi connectivity index (χ0v) is 19.8. The van der Waals surface area contributed by atoms with Gasteiger partial charge in [0.25, 0.3) is 0 Å². The Morgan fingerprint density at radius 3 is 2.80 bits per heavy atom. The Morgan fingerprint density at radius 2 is 2.00 bits per heavy atom. The Hall–Kier alpha value is -0.00753. The molecule has 3 nitrogen and oxygen atoms in total. The van der Waals surface area contributed by atoms with E-state index >= 15 is 0 Å². The molecule has 1 N–H and O–H groups in total. The van der Waals surface area contributed by atoms with Crippen LogP contribution >= 0.6 is 0 Å². The second kappa shape index (κ2) is 10.4. The Morgan fingerprint density at radius 1 is 1.24 bits per heavy atom. The molecular formula is C19H23AlI2N2O-2. The molecule has 0 spiro atoms. The summed E-state index contributed by atoms with van der Waals surface area (Å²) in [4.78, 5) is 0.667. The number of rotatable bonds is 8. The van der Waals surface area contributed by atoms with Crippen LogP contribution in [0.2, 0.25) is 0 Å². The van der Waals surface area contributed by atoms with Crippen molar-refractivity contribution in [1.29, 1.82) is 0 Å². The van der Waals surface area contributed by atoms with E-state index in [-0.39, 0.29) is 27.6 Å². The Bertz CT molecular complexity index is 659. The van der Waals surface area contributed by atoms with Gasteiger partial charge in [0.2, 0.25) is 0 Å². The monoisotopic (exact) mass is 576 g/mol. The summed E-state index contributed by atoms with van der Waals surface area (Å²) < 4.78 is 11.6. The Kier molecular flexibility index (Phi) is 8.18. The van der Waals surface area contributed by atoms with Crippen LogP contribution in [0, 0.1) is 3.57 Å². The molecule has 1 aliphatic heterocycles. The minimum absolute atomic E-state index is 0.209. The molecule has 0 aromatic heterocycles. The van der Waals surface area contributed by atoms with Crippen molar-refractivity contribution in [3.05, 3.63) is 58.2 Å². The van der Waals surface area contributed by atoms with Crippen molar-refractivity contribution in [2.24, 2.45) is 0 Å². The summed E-state index contributed by atoms with van der Waals surface area (Å²) in [7, 11) is 0. The van der Waals surface area contributed by atoms with Crippen molar-refractivity contribution >= 4 is 20.9 Å². The number of hydrogen-bond acceptors (Lipinski definition) is 3. The van der Waals surface area contributed by atoms with E-state index in [0.29, 0.717) is 20.1 Å². The van der Waals surface area contributed by atoms with Gasteiger partial charge in [-0.15, -0.1) is 0 Å². The molecule has 0 saturated heterocycles. The molecule has 3 rings (SSSR count). The van der Waals surface area contributed by atoms with Gasteiger partial charge in [-0.3, -0.25) is 0 Å². The Labute approximate surface area is 181 Å². The van der Waals surface area contributed by atoms with Gasteiger partial charge in [0.15, 0.2) is 0 Å². The first-order valence-corrected chi connectivity index (χ1v) is 13.7. The summed E-state index contributed by atoms with van der Waals surface area (Å²) >= 11 is 2.78. The molecule has 0 amide bonds. The fourth-order valence-electron chi connectivity index (χ4n) is 2.76. The molecule has 2 aromatic rings. The predicted octanol–water partition coefficient (Wildman–Crippen LogP) is -3.33. The fraction of sp³-hybridized carbons (Fsp3) is 0.368. The van der Waals surface area contributed by atoms with Gasteiger partial charge >= 0.3 is 183 Å². The van der Waals surface area contributed by atoms with E-state index in [0.717, 1.165) is 25.3 Å². The number of benzene rings is 2. The fourth-order valence-corrected chi connectivity index (χ4v) is 8.35. The van der Waals surface area contributed by atoms with Crippen molar-refractivity contribution < 1.29 is 48.8 Å². The Balaban J connectivity index is 1.64. The standard InChI is InChI=1S/C18H21IN2O.CH2I.Al/c1-2-20-13-12-16-14-21(19-15-8-4-3-5-9-15)17-10-6-7-11-18(17)22-16;1-2;/h2-11,16,20H,12-14H2,1H3;1H2;/q2*-1;. The van der Waals surface area contributed by atoms with Crippen LogP contribution in [0.15, 0.2) is 54.6 Å². The summed E-state index contributed by atoms with van der Waals surface area (Å²) in [6.45, 7) is 4.34. The molecule has 6 heteroatoms. The van der Waals surface area contributed by atoms with Crippen molar-refractivity contribution in [2.45, 2.75) is 24.4 Å². The number of fused-ring (bicyclic) bond motifs is 1. The number of hydrogen-bond donors (Lipinski definition) is 1. The molecular weight excluding hydrogens is 553 g/mol. The van der Waals surface area contributed by atoms with Gasteiger partial charge in [-0.2, -0.15) is 0 Å². The summed E-state index contributed by atoms with van der Waals surface area (Å²) in [5.41, 5.74) is 1.26. The van der Waals surface area contributed by atoms with Crippen LogP contribution in [0.3, 0.4) is 0 Å². The molecule has 25 heavy (non-hydrogen) atoms. The summed E-state index contributed by atoms with van der Waals surface area (Å²) in [6.07, 6.45) is 1.33. The average molecular weight is 576 g/mol. The van der Waals surface area contributed by atoms with E-state index in [9.17, 15) is 0 Å². The van der Waals surface area contributed by atoms with Gasteiger partial charge in [-0.25, -0.2) is 0 Å². The van der Waals surface area contributed by atoms with Crippen LogP contribution in [0.5, 0.6) is 5.75 Å². The zero-order valence-electron chi connectivity index (χ0n) is 14.4. The molecule has 0 fully saturated rings. The summed E-state index contributed by atoms with van der Waals surface area (Å²) in [6, 6.07) is 19.3. The number of nitrogens with one attached hydrogen (secondary N) is 1. The second-order valence-corrected chi connectivity index (χ2v) is 13.4. The van der Waals surface area contributed by atoms with E-state index in [4.69, 9.17) is 4.74 Å². The molecule has 0 saturated carbocycles. The topological polar surface area (TPSA) is 24.5 Å². The third-order valence-corrected chi connectivity index (χ3v) is 9.51. The van der Waals surface area contributed by atoms with Crippen molar-refractivity contribution in [3.8, 4) is 5.75 Å².